The first-order valence-corrected chi connectivity index (χ1v) is 6.68. The Bertz CT molecular complexity index is 418. The summed E-state index contributed by atoms with van der Waals surface area (Å²) in [5, 5.41) is 0. The molecule has 1 aromatic rings. The van der Waals surface area contributed by atoms with Gasteiger partial charge in [0, 0.05) is 6.42 Å². The van der Waals surface area contributed by atoms with Crippen molar-refractivity contribution in [3.8, 4) is 18.1 Å². The Morgan fingerprint density at radius 3 is 2.56 bits per heavy atom. The molecular formula is C17H24O. The van der Waals surface area contributed by atoms with E-state index in [9.17, 15) is 0 Å². The molecule has 0 fully saturated rings. The summed E-state index contributed by atoms with van der Waals surface area (Å²) in [5.41, 5.74) is 2.72. The molecule has 0 atom stereocenters. The summed E-state index contributed by atoms with van der Waals surface area (Å²) >= 11 is 0. The highest BCUT2D eigenvalue weighted by atomic mass is 16.5. The van der Waals surface area contributed by atoms with Crippen LogP contribution in [0.4, 0.5) is 0 Å². The van der Waals surface area contributed by atoms with Gasteiger partial charge in [0.05, 0.1) is 6.61 Å². The van der Waals surface area contributed by atoms with Crippen molar-refractivity contribution in [1.29, 1.82) is 0 Å². The number of hydrogen-bond donors (Lipinski definition) is 0. The molecule has 1 rings (SSSR count). The molecule has 0 saturated carbocycles. The smallest absolute Gasteiger partial charge is 0.122 e. The molecule has 98 valence electrons. The molecule has 18 heavy (non-hydrogen) atoms. The van der Waals surface area contributed by atoms with Crippen molar-refractivity contribution in [3.05, 3.63) is 29.3 Å². The first-order chi connectivity index (χ1) is 8.49. The molecule has 0 bridgehead atoms. The van der Waals surface area contributed by atoms with Gasteiger partial charge in [-0.15, -0.1) is 12.3 Å². The molecule has 0 heterocycles. The second-order valence-electron chi connectivity index (χ2n) is 5.63. The molecule has 1 aromatic carbocycles. The fourth-order valence-corrected chi connectivity index (χ4v) is 1.80. The second-order valence-corrected chi connectivity index (χ2v) is 5.63. The molecule has 0 N–H and O–H groups in total. The predicted molar refractivity (Wildman–Crippen MR) is 78.1 cm³/mol. The summed E-state index contributed by atoms with van der Waals surface area (Å²) in [6.45, 7) is 9.54. The molecule has 1 heteroatoms. The van der Waals surface area contributed by atoms with Gasteiger partial charge in [-0.25, -0.2) is 0 Å². The van der Waals surface area contributed by atoms with Gasteiger partial charge in [0.1, 0.15) is 5.75 Å². The van der Waals surface area contributed by atoms with Gasteiger partial charge in [0.2, 0.25) is 0 Å². The Balaban J connectivity index is 3.00. The van der Waals surface area contributed by atoms with Gasteiger partial charge in [-0.05, 0) is 35.4 Å². The summed E-state index contributed by atoms with van der Waals surface area (Å²) in [5.74, 6) is 3.69. The van der Waals surface area contributed by atoms with Crippen LogP contribution in [0.25, 0.3) is 0 Å². The Labute approximate surface area is 112 Å². The lowest BCUT2D eigenvalue weighted by Crippen LogP contribution is -2.12. The lowest BCUT2D eigenvalue weighted by Gasteiger charge is -2.21. The van der Waals surface area contributed by atoms with E-state index < -0.39 is 0 Å². The third-order valence-corrected chi connectivity index (χ3v) is 2.93. The van der Waals surface area contributed by atoms with E-state index in [4.69, 9.17) is 11.2 Å². The Morgan fingerprint density at radius 2 is 2.00 bits per heavy atom. The number of benzene rings is 1. The fraction of sp³-hybridized carbons (Fsp3) is 0.529. The van der Waals surface area contributed by atoms with Crippen molar-refractivity contribution in [1.82, 2.24) is 0 Å². The number of rotatable bonds is 5. The molecule has 0 radical (unpaired) electrons. The highest BCUT2D eigenvalue weighted by Crippen LogP contribution is 2.28. The maximum atomic E-state index is 5.78. The molecule has 0 unspecified atom stereocenters. The number of hydrogen-bond acceptors (Lipinski definition) is 1. The second kappa shape index (κ2) is 6.50. The third kappa shape index (κ3) is 4.11. The third-order valence-electron chi connectivity index (χ3n) is 2.93. The average molecular weight is 244 g/mol. The van der Waals surface area contributed by atoms with Gasteiger partial charge in [-0.3, -0.25) is 0 Å². The first-order valence-electron chi connectivity index (χ1n) is 6.68. The standard InChI is InChI=1S/C17H24O/c1-6-8-9-14-13-15(17(3,4)5)10-11-16(14)18-12-7-2/h1,10-11,13H,7-9,12H2,2-5H3. The van der Waals surface area contributed by atoms with E-state index in [0.717, 1.165) is 31.6 Å². The molecular weight excluding hydrogens is 220 g/mol. The minimum Gasteiger partial charge on any atom is -0.493 e. The van der Waals surface area contributed by atoms with E-state index in [1.807, 2.05) is 0 Å². The van der Waals surface area contributed by atoms with Gasteiger partial charge in [-0.2, -0.15) is 0 Å². The van der Waals surface area contributed by atoms with Gasteiger partial charge in [-0.1, -0.05) is 39.8 Å². The van der Waals surface area contributed by atoms with E-state index in [2.05, 4.69) is 51.8 Å². The van der Waals surface area contributed by atoms with Crippen molar-refractivity contribution in [2.75, 3.05) is 6.61 Å². The van der Waals surface area contributed by atoms with Crippen LogP contribution < -0.4 is 4.74 Å². The van der Waals surface area contributed by atoms with E-state index >= 15 is 0 Å². The Kier molecular flexibility index (Phi) is 5.28. The zero-order valence-electron chi connectivity index (χ0n) is 12.0. The van der Waals surface area contributed by atoms with E-state index in [1.54, 1.807) is 0 Å². The lowest BCUT2D eigenvalue weighted by molar-refractivity contribution is 0.314. The lowest BCUT2D eigenvalue weighted by atomic mass is 9.85. The quantitative estimate of drug-likeness (QED) is 0.700. The zero-order valence-corrected chi connectivity index (χ0v) is 12.0. The zero-order chi connectivity index (χ0) is 13.6. The van der Waals surface area contributed by atoms with E-state index in [1.165, 1.54) is 11.1 Å². The molecule has 0 aromatic heterocycles. The van der Waals surface area contributed by atoms with Gasteiger partial charge in [0.25, 0.3) is 0 Å². The maximum Gasteiger partial charge on any atom is 0.122 e. The predicted octanol–water partition coefficient (Wildman–Crippen LogP) is 4.34. The largest absolute Gasteiger partial charge is 0.493 e. The number of ether oxygens (including phenoxy) is 1. The first kappa shape index (κ1) is 14.6. The summed E-state index contributed by atoms with van der Waals surface area (Å²) in [4.78, 5) is 0. The molecule has 1 nitrogen and oxygen atoms in total. The Hall–Kier alpha value is -1.42. The van der Waals surface area contributed by atoms with Crippen LogP contribution >= 0.6 is 0 Å². The van der Waals surface area contributed by atoms with E-state index in [0.29, 0.717) is 0 Å². The van der Waals surface area contributed by atoms with Crippen LogP contribution in [0.5, 0.6) is 5.75 Å². The highest BCUT2D eigenvalue weighted by Gasteiger charge is 2.15. The van der Waals surface area contributed by atoms with Crippen LogP contribution in [0, 0.1) is 12.3 Å². The number of aryl methyl sites for hydroxylation is 1. The van der Waals surface area contributed by atoms with Crippen molar-refractivity contribution in [2.24, 2.45) is 0 Å². The number of terminal acetylenes is 1. The monoisotopic (exact) mass is 244 g/mol. The van der Waals surface area contributed by atoms with Crippen LogP contribution in [0.15, 0.2) is 18.2 Å². The Morgan fingerprint density at radius 1 is 1.28 bits per heavy atom. The highest BCUT2D eigenvalue weighted by molar-refractivity contribution is 5.40. The average Bonchev–Trinajstić information content (AvgIpc) is 2.33. The van der Waals surface area contributed by atoms with Crippen LogP contribution in [0.2, 0.25) is 0 Å². The SMILES string of the molecule is C#CCCc1cc(C(C)(C)C)ccc1OCCC. The summed E-state index contributed by atoms with van der Waals surface area (Å²) in [7, 11) is 0. The minimum absolute atomic E-state index is 0.161. The van der Waals surface area contributed by atoms with Crippen LogP contribution in [-0.4, -0.2) is 6.61 Å². The van der Waals surface area contributed by atoms with Gasteiger partial charge in [0.15, 0.2) is 0 Å². The molecule has 0 aliphatic carbocycles. The minimum atomic E-state index is 0.161. The maximum absolute atomic E-state index is 5.78. The molecule has 0 aliphatic rings. The van der Waals surface area contributed by atoms with Gasteiger partial charge >= 0.3 is 0 Å². The van der Waals surface area contributed by atoms with Crippen molar-refractivity contribution < 1.29 is 4.74 Å². The molecule has 0 aliphatic heterocycles. The molecule has 0 amide bonds. The summed E-state index contributed by atoms with van der Waals surface area (Å²) in [6, 6.07) is 6.48. The van der Waals surface area contributed by atoms with E-state index in [-0.39, 0.29) is 5.41 Å². The van der Waals surface area contributed by atoms with Crippen molar-refractivity contribution in [2.45, 2.75) is 52.4 Å². The summed E-state index contributed by atoms with van der Waals surface area (Å²) < 4.78 is 5.78. The van der Waals surface area contributed by atoms with Crippen LogP contribution in [-0.2, 0) is 11.8 Å². The van der Waals surface area contributed by atoms with Crippen molar-refractivity contribution >= 4 is 0 Å². The van der Waals surface area contributed by atoms with Crippen LogP contribution in [0.1, 0.15) is 51.7 Å². The van der Waals surface area contributed by atoms with Crippen molar-refractivity contribution in [3.63, 3.8) is 0 Å². The van der Waals surface area contributed by atoms with Gasteiger partial charge < -0.3 is 4.74 Å². The normalized spacial score (nSPS) is 11.1. The topological polar surface area (TPSA) is 9.23 Å². The summed E-state index contributed by atoms with van der Waals surface area (Å²) in [6.07, 6.45) is 8.03. The van der Waals surface area contributed by atoms with Crippen LogP contribution in [0.3, 0.4) is 0 Å². The fourth-order valence-electron chi connectivity index (χ4n) is 1.80. The molecule has 0 saturated heterocycles. The molecule has 0 spiro atoms.